The molecule has 1 fully saturated rings. The summed E-state index contributed by atoms with van der Waals surface area (Å²) in [4.78, 5) is 38.4. The highest BCUT2D eigenvalue weighted by Crippen LogP contribution is 2.22. The largest absolute Gasteiger partial charge is 0.467 e. The van der Waals surface area contributed by atoms with E-state index < -0.39 is 11.9 Å². The molecular weight excluding hydrogens is 388 g/mol. The van der Waals surface area contributed by atoms with Gasteiger partial charge in [-0.3, -0.25) is 9.59 Å². The predicted molar refractivity (Wildman–Crippen MR) is 106 cm³/mol. The highest BCUT2D eigenvalue weighted by atomic mass is 16.5. The predicted octanol–water partition coefficient (Wildman–Crippen LogP) is 1.88. The number of aromatic nitrogens is 3. The number of benzene rings is 1. The van der Waals surface area contributed by atoms with Crippen LogP contribution < -0.4 is 11.1 Å². The second-order valence-electron chi connectivity index (χ2n) is 6.79. The van der Waals surface area contributed by atoms with Crippen molar-refractivity contribution in [3.63, 3.8) is 0 Å². The highest BCUT2D eigenvalue weighted by Gasteiger charge is 2.35. The van der Waals surface area contributed by atoms with Crippen LogP contribution in [-0.4, -0.2) is 38.3 Å². The Hall–Kier alpha value is -3.95. The number of nitrogen functional groups attached to an aromatic ring is 1. The number of anilines is 3. The molecule has 3 N–H and O–H groups in total. The van der Waals surface area contributed by atoms with Crippen molar-refractivity contribution in [3.8, 4) is 0 Å². The molecule has 30 heavy (non-hydrogen) atoms. The van der Waals surface area contributed by atoms with Crippen molar-refractivity contribution in [1.82, 2.24) is 19.9 Å². The van der Waals surface area contributed by atoms with E-state index in [-0.39, 0.29) is 43.2 Å². The van der Waals surface area contributed by atoms with Gasteiger partial charge in [0.15, 0.2) is 12.4 Å². The number of amides is 1. The van der Waals surface area contributed by atoms with E-state index in [4.69, 9.17) is 14.9 Å². The maximum Gasteiger partial charge on any atom is 0.311 e. The number of hydrogen-bond donors (Lipinski definition) is 2. The zero-order chi connectivity index (χ0) is 20.9. The fourth-order valence-electron chi connectivity index (χ4n) is 3.14. The summed E-state index contributed by atoms with van der Waals surface area (Å²) in [5, 5.41) is 3.02. The van der Waals surface area contributed by atoms with Gasteiger partial charge >= 0.3 is 5.97 Å². The molecule has 154 valence electrons. The van der Waals surface area contributed by atoms with E-state index in [2.05, 4.69) is 20.3 Å². The first-order chi connectivity index (χ1) is 14.6. The minimum Gasteiger partial charge on any atom is -0.467 e. The molecule has 0 saturated carbocycles. The Bertz CT molecular complexity index is 1030. The van der Waals surface area contributed by atoms with E-state index in [1.165, 1.54) is 0 Å². The molecule has 4 rings (SSSR count). The summed E-state index contributed by atoms with van der Waals surface area (Å²) in [7, 11) is 0. The van der Waals surface area contributed by atoms with Gasteiger partial charge in [-0.05, 0) is 24.3 Å². The van der Waals surface area contributed by atoms with Crippen molar-refractivity contribution in [1.29, 1.82) is 0 Å². The van der Waals surface area contributed by atoms with Gasteiger partial charge in [-0.15, -0.1) is 0 Å². The van der Waals surface area contributed by atoms with Crippen molar-refractivity contribution in [2.45, 2.75) is 19.6 Å². The minimum absolute atomic E-state index is 0.00940. The average Bonchev–Trinajstić information content (AvgIpc) is 3.37. The summed E-state index contributed by atoms with van der Waals surface area (Å²) < 4.78 is 10.6. The number of furan rings is 1. The van der Waals surface area contributed by atoms with Crippen LogP contribution >= 0.6 is 0 Å². The molecule has 0 unspecified atom stereocenters. The Kier molecular flexibility index (Phi) is 5.55. The van der Waals surface area contributed by atoms with Crippen LogP contribution in [0.1, 0.15) is 18.0 Å². The number of nitrogens with two attached hydrogens (primary N) is 1. The van der Waals surface area contributed by atoms with E-state index in [1.54, 1.807) is 23.3 Å². The molecule has 0 spiro atoms. The van der Waals surface area contributed by atoms with Crippen LogP contribution in [-0.2, 0) is 27.5 Å². The van der Waals surface area contributed by atoms with E-state index in [1.807, 2.05) is 30.3 Å². The molecule has 3 aromatic rings. The van der Waals surface area contributed by atoms with E-state index >= 15 is 0 Å². The molecule has 10 heteroatoms. The molecule has 1 atom stereocenters. The number of ether oxygens (including phenoxy) is 1. The lowest BCUT2D eigenvalue weighted by Gasteiger charge is -2.14. The number of nitrogens with one attached hydrogen (secondary N) is 1. The van der Waals surface area contributed by atoms with Crippen LogP contribution in [0.3, 0.4) is 0 Å². The van der Waals surface area contributed by atoms with Gasteiger partial charge in [-0.25, -0.2) is 0 Å². The standard InChI is InChI=1S/C20H20N6O4/c21-19-23-16(24-20(25-19)22-14-5-2-1-3-6-14)12-30-18(28)13-9-17(27)26(10-13)11-15-7-4-8-29-15/h1-8,13H,9-12H2,(H3,21,22,23,24,25)/t13-/m0/s1. The number of carbonyl (C=O) groups is 2. The number of hydrogen-bond acceptors (Lipinski definition) is 9. The zero-order valence-electron chi connectivity index (χ0n) is 16.0. The van der Waals surface area contributed by atoms with Crippen LogP contribution in [0.5, 0.6) is 0 Å². The van der Waals surface area contributed by atoms with Crippen LogP contribution in [0.4, 0.5) is 17.6 Å². The van der Waals surface area contributed by atoms with Crippen molar-refractivity contribution in [3.05, 3.63) is 60.3 Å². The van der Waals surface area contributed by atoms with Crippen LogP contribution in [0.25, 0.3) is 0 Å². The first-order valence-corrected chi connectivity index (χ1v) is 9.36. The summed E-state index contributed by atoms with van der Waals surface area (Å²) in [6.45, 7) is 0.435. The molecule has 3 heterocycles. The van der Waals surface area contributed by atoms with Crippen molar-refractivity contribution >= 4 is 29.5 Å². The maximum atomic E-state index is 12.4. The number of carbonyl (C=O) groups excluding carboxylic acids is 2. The molecule has 1 aliphatic heterocycles. The molecule has 0 bridgehead atoms. The molecule has 10 nitrogen and oxygen atoms in total. The van der Waals surface area contributed by atoms with Gasteiger partial charge in [0.1, 0.15) is 5.76 Å². The summed E-state index contributed by atoms with van der Waals surface area (Å²) in [6, 6.07) is 12.9. The average molecular weight is 408 g/mol. The first-order valence-electron chi connectivity index (χ1n) is 9.36. The topological polar surface area (TPSA) is 136 Å². The summed E-state index contributed by atoms with van der Waals surface area (Å²) in [5.74, 6) is -0.0133. The lowest BCUT2D eigenvalue weighted by molar-refractivity contribution is -0.150. The normalized spacial score (nSPS) is 15.9. The van der Waals surface area contributed by atoms with Gasteiger partial charge in [0.2, 0.25) is 17.8 Å². The molecule has 1 amide bonds. The Morgan fingerprint density at radius 2 is 2.03 bits per heavy atom. The van der Waals surface area contributed by atoms with E-state index in [0.717, 1.165) is 5.69 Å². The molecular formula is C20H20N6O4. The van der Waals surface area contributed by atoms with Gasteiger partial charge in [0.25, 0.3) is 0 Å². The number of esters is 1. The van der Waals surface area contributed by atoms with Crippen LogP contribution in [0.15, 0.2) is 53.1 Å². The number of para-hydroxylation sites is 1. The summed E-state index contributed by atoms with van der Waals surface area (Å²) in [6.07, 6.45) is 1.64. The SMILES string of the molecule is Nc1nc(COC(=O)[C@H]2CC(=O)N(Cc3ccco3)C2)nc(Nc2ccccc2)n1. The molecule has 2 aromatic heterocycles. The van der Waals surface area contributed by atoms with Crippen LogP contribution in [0, 0.1) is 5.92 Å². The third-order valence-electron chi connectivity index (χ3n) is 4.55. The van der Waals surface area contributed by atoms with Crippen LogP contribution in [0.2, 0.25) is 0 Å². The number of rotatable bonds is 7. The second kappa shape index (κ2) is 8.60. The molecule has 1 aromatic carbocycles. The Balaban J connectivity index is 1.34. The zero-order valence-corrected chi connectivity index (χ0v) is 16.0. The smallest absolute Gasteiger partial charge is 0.311 e. The first kappa shape index (κ1) is 19.4. The van der Waals surface area contributed by atoms with Crippen molar-refractivity contribution in [2.24, 2.45) is 5.92 Å². The quantitative estimate of drug-likeness (QED) is 0.561. The Morgan fingerprint density at radius 1 is 1.20 bits per heavy atom. The monoisotopic (exact) mass is 408 g/mol. The van der Waals surface area contributed by atoms with Gasteiger partial charge < -0.3 is 25.1 Å². The number of nitrogens with zero attached hydrogens (tertiary/aromatic N) is 4. The Morgan fingerprint density at radius 3 is 2.80 bits per heavy atom. The summed E-state index contributed by atoms with van der Waals surface area (Å²) >= 11 is 0. The van der Waals surface area contributed by atoms with Gasteiger partial charge in [0.05, 0.1) is 18.7 Å². The third-order valence-corrected chi connectivity index (χ3v) is 4.55. The van der Waals surface area contributed by atoms with Gasteiger partial charge in [-0.2, -0.15) is 15.0 Å². The second-order valence-corrected chi connectivity index (χ2v) is 6.79. The van der Waals surface area contributed by atoms with E-state index in [0.29, 0.717) is 12.3 Å². The van der Waals surface area contributed by atoms with Crippen molar-refractivity contribution < 1.29 is 18.7 Å². The highest BCUT2D eigenvalue weighted by molar-refractivity contribution is 5.86. The van der Waals surface area contributed by atoms with E-state index in [9.17, 15) is 9.59 Å². The fourth-order valence-corrected chi connectivity index (χ4v) is 3.14. The number of likely N-dealkylation sites (tertiary alicyclic amines) is 1. The lowest BCUT2D eigenvalue weighted by atomic mass is 10.1. The Labute approximate surface area is 172 Å². The van der Waals surface area contributed by atoms with Crippen molar-refractivity contribution in [2.75, 3.05) is 17.6 Å². The van der Waals surface area contributed by atoms with Gasteiger partial charge in [0, 0.05) is 18.7 Å². The lowest BCUT2D eigenvalue weighted by Crippen LogP contribution is -2.26. The summed E-state index contributed by atoms with van der Waals surface area (Å²) in [5.41, 5.74) is 6.52. The molecule has 0 aliphatic carbocycles. The molecule has 0 radical (unpaired) electrons. The maximum absolute atomic E-state index is 12.4. The molecule has 1 saturated heterocycles. The van der Waals surface area contributed by atoms with Gasteiger partial charge in [-0.1, -0.05) is 18.2 Å². The molecule has 1 aliphatic rings. The minimum atomic E-state index is -0.548. The third kappa shape index (κ3) is 4.72. The fraction of sp³-hybridized carbons (Fsp3) is 0.250.